The Balaban J connectivity index is 2.21. The smallest absolute Gasteiger partial charge is 0.181 e. The molecule has 0 saturated carbocycles. The van der Waals surface area contributed by atoms with Crippen molar-refractivity contribution in [2.75, 3.05) is 20.6 Å². The summed E-state index contributed by atoms with van der Waals surface area (Å²) < 4.78 is 0. The molecule has 0 heterocycles. The molecular formula is C14H15NO3. The Kier molecular flexibility index (Phi) is 3.39. The number of hydrogen-bond donors (Lipinski definition) is 0. The predicted molar refractivity (Wildman–Crippen MR) is 66.8 cm³/mol. The van der Waals surface area contributed by atoms with Gasteiger partial charge in [0.05, 0.1) is 0 Å². The molecule has 0 radical (unpaired) electrons. The molecule has 94 valence electrons. The standard InChI is InChI=1S/C14H15NO3/c1-15(2)8-7-11(16)12-13(17)9-5-3-4-6-10(9)14(12)18/h3-6,12H,7-8H2,1-2H3. The first-order chi connectivity index (χ1) is 8.52. The summed E-state index contributed by atoms with van der Waals surface area (Å²) in [5.74, 6) is -2.09. The fourth-order valence-corrected chi connectivity index (χ4v) is 2.11. The zero-order valence-corrected chi connectivity index (χ0v) is 10.5. The Morgan fingerprint density at radius 3 is 2.06 bits per heavy atom. The molecule has 0 saturated heterocycles. The topological polar surface area (TPSA) is 54.5 Å². The van der Waals surface area contributed by atoms with Gasteiger partial charge in [0.2, 0.25) is 0 Å². The van der Waals surface area contributed by atoms with Crippen LogP contribution in [0.25, 0.3) is 0 Å². The maximum atomic E-state index is 12.0. The molecule has 0 N–H and O–H groups in total. The Labute approximate surface area is 106 Å². The van der Waals surface area contributed by atoms with Crippen molar-refractivity contribution in [3.8, 4) is 0 Å². The molecule has 0 unspecified atom stereocenters. The van der Waals surface area contributed by atoms with E-state index in [0.29, 0.717) is 17.7 Å². The lowest BCUT2D eigenvalue weighted by Crippen LogP contribution is -2.28. The molecule has 2 rings (SSSR count). The molecule has 4 heteroatoms. The molecule has 0 bridgehead atoms. The lowest BCUT2D eigenvalue weighted by Gasteiger charge is -2.10. The number of fused-ring (bicyclic) bond motifs is 1. The average molecular weight is 245 g/mol. The van der Waals surface area contributed by atoms with E-state index in [-0.39, 0.29) is 23.8 Å². The second-order valence-electron chi connectivity index (χ2n) is 4.73. The zero-order valence-electron chi connectivity index (χ0n) is 10.5. The highest BCUT2D eigenvalue weighted by atomic mass is 16.2. The summed E-state index contributed by atoms with van der Waals surface area (Å²) >= 11 is 0. The van der Waals surface area contributed by atoms with E-state index in [2.05, 4.69) is 0 Å². The van der Waals surface area contributed by atoms with E-state index in [1.165, 1.54) is 0 Å². The maximum absolute atomic E-state index is 12.0. The van der Waals surface area contributed by atoms with Gasteiger partial charge < -0.3 is 4.90 Å². The van der Waals surface area contributed by atoms with Gasteiger partial charge in [-0.3, -0.25) is 14.4 Å². The number of rotatable bonds is 4. The summed E-state index contributed by atoms with van der Waals surface area (Å²) in [6.07, 6.45) is 0.225. The van der Waals surface area contributed by atoms with Crippen molar-refractivity contribution < 1.29 is 14.4 Å². The molecule has 4 nitrogen and oxygen atoms in total. The summed E-state index contributed by atoms with van der Waals surface area (Å²) in [6, 6.07) is 6.62. The number of ketones is 3. The molecular weight excluding hydrogens is 230 g/mol. The fourth-order valence-electron chi connectivity index (χ4n) is 2.11. The molecule has 0 aliphatic heterocycles. The number of Topliss-reactive ketones (excluding diaryl/α,β-unsaturated/α-hetero) is 3. The monoisotopic (exact) mass is 245 g/mol. The van der Waals surface area contributed by atoms with Crippen LogP contribution in [0.15, 0.2) is 24.3 Å². The van der Waals surface area contributed by atoms with E-state index < -0.39 is 5.92 Å². The van der Waals surface area contributed by atoms with Crippen LogP contribution < -0.4 is 0 Å². The molecule has 1 aromatic rings. The quantitative estimate of drug-likeness (QED) is 0.748. The minimum absolute atomic E-state index is 0.225. The highest BCUT2D eigenvalue weighted by molar-refractivity contribution is 6.35. The molecule has 0 fully saturated rings. The van der Waals surface area contributed by atoms with Crippen LogP contribution in [-0.2, 0) is 4.79 Å². The van der Waals surface area contributed by atoms with Gasteiger partial charge in [0.1, 0.15) is 5.92 Å². The third-order valence-corrected chi connectivity index (χ3v) is 3.11. The number of hydrogen-bond acceptors (Lipinski definition) is 4. The summed E-state index contributed by atoms with van der Waals surface area (Å²) in [4.78, 5) is 37.9. The third-order valence-electron chi connectivity index (χ3n) is 3.11. The van der Waals surface area contributed by atoms with Gasteiger partial charge in [-0.25, -0.2) is 0 Å². The van der Waals surface area contributed by atoms with Crippen LogP contribution in [-0.4, -0.2) is 42.9 Å². The van der Waals surface area contributed by atoms with E-state index in [1.54, 1.807) is 24.3 Å². The lowest BCUT2D eigenvalue weighted by atomic mass is 9.96. The lowest BCUT2D eigenvalue weighted by molar-refractivity contribution is -0.120. The summed E-state index contributed by atoms with van der Waals surface area (Å²) in [5, 5.41) is 0. The minimum atomic E-state index is -1.11. The number of nitrogens with zero attached hydrogens (tertiary/aromatic N) is 1. The number of carbonyl (C=O) groups is 3. The Bertz CT molecular complexity index is 485. The van der Waals surface area contributed by atoms with E-state index in [9.17, 15) is 14.4 Å². The Hall–Kier alpha value is -1.81. The van der Waals surface area contributed by atoms with E-state index >= 15 is 0 Å². The largest absolute Gasteiger partial charge is 0.309 e. The summed E-state index contributed by atoms with van der Waals surface area (Å²) in [6.45, 7) is 0.548. The molecule has 1 aliphatic rings. The summed E-state index contributed by atoms with van der Waals surface area (Å²) in [7, 11) is 3.70. The van der Waals surface area contributed by atoms with Crippen molar-refractivity contribution in [1.82, 2.24) is 4.90 Å². The second kappa shape index (κ2) is 4.82. The fraction of sp³-hybridized carbons (Fsp3) is 0.357. The van der Waals surface area contributed by atoms with Gasteiger partial charge in [-0.1, -0.05) is 24.3 Å². The zero-order chi connectivity index (χ0) is 13.3. The van der Waals surface area contributed by atoms with Crippen molar-refractivity contribution in [3.05, 3.63) is 35.4 Å². The van der Waals surface area contributed by atoms with Gasteiger partial charge in [-0.2, -0.15) is 0 Å². The van der Waals surface area contributed by atoms with Gasteiger partial charge in [0.25, 0.3) is 0 Å². The first kappa shape index (κ1) is 12.6. The van der Waals surface area contributed by atoms with Crippen molar-refractivity contribution in [2.45, 2.75) is 6.42 Å². The normalized spacial score (nSPS) is 15.3. The number of benzene rings is 1. The predicted octanol–water partition coefficient (Wildman–Crippen LogP) is 1.20. The van der Waals surface area contributed by atoms with E-state index in [4.69, 9.17) is 0 Å². The van der Waals surface area contributed by atoms with Crippen molar-refractivity contribution in [3.63, 3.8) is 0 Å². The van der Waals surface area contributed by atoms with Crippen LogP contribution in [0.5, 0.6) is 0 Å². The molecule has 0 atom stereocenters. The van der Waals surface area contributed by atoms with Crippen molar-refractivity contribution >= 4 is 17.3 Å². The molecule has 1 aromatic carbocycles. The van der Waals surface area contributed by atoms with Crippen LogP contribution in [0, 0.1) is 5.92 Å². The van der Waals surface area contributed by atoms with Crippen LogP contribution in [0.4, 0.5) is 0 Å². The van der Waals surface area contributed by atoms with Crippen molar-refractivity contribution in [1.29, 1.82) is 0 Å². The van der Waals surface area contributed by atoms with Gasteiger partial charge >= 0.3 is 0 Å². The van der Waals surface area contributed by atoms with Crippen LogP contribution >= 0.6 is 0 Å². The van der Waals surface area contributed by atoms with Crippen LogP contribution in [0.2, 0.25) is 0 Å². The Morgan fingerprint density at radius 1 is 1.11 bits per heavy atom. The maximum Gasteiger partial charge on any atom is 0.181 e. The highest BCUT2D eigenvalue weighted by Gasteiger charge is 2.42. The van der Waals surface area contributed by atoms with Gasteiger partial charge in [-0.05, 0) is 14.1 Å². The molecule has 0 aromatic heterocycles. The Morgan fingerprint density at radius 2 is 1.61 bits per heavy atom. The van der Waals surface area contributed by atoms with Crippen LogP contribution in [0.1, 0.15) is 27.1 Å². The van der Waals surface area contributed by atoms with Gasteiger partial charge in [-0.15, -0.1) is 0 Å². The molecule has 0 spiro atoms. The third kappa shape index (κ3) is 2.11. The van der Waals surface area contributed by atoms with Crippen molar-refractivity contribution in [2.24, 2.45) is 5.92 Å². The first-order valence-electron chi connectivity index (χ1n) is 5.87. The molecule has 18 heavy (non-hydrogen) atoms. The van der Waals surface area contributed by atoms with Gasteiger partial charge in [0.15, 0.2) is 17.3 Å². The second-order valence-corrected chi connectivity index (χ2v) is 4.73. The van der Waals surface area contributed by atoms with E-state index in [0.717, 1.165) is 0 Å². The first-order valence-corrected chi connectivity index (χ1v) is 5.87. The average Bonchev–Trinajstić information content (AvgIpc) is 2.60. The SMILES string of the molecule is CN(C)CCC(=O)C1C(=O)c2ccccc2C1=O. The molecule has 0 amide bonds. The number of carbonyl (C=O) groups excluding carboxylic acids is 3. The van der Waals surface area contributed by atoms with Crippen LogP contribution in [0.3, 0.4) is 0 Å². The van der Waals surface area contributed by atoms with Gasteiger partial charge in [0, 0.05) is 24.1 Å². The highest BCUT2D eigenvalue weighted by Crippen LogP contribution is 2.27. The van der Waals surface area contributed by atoms with E-state index in [1.807, 2.05) is 19.0 Å². The molecule has 1 aliphatic carbocycles. The minimum Gasteiger partial charge on any atom is -0.309 e. The summed E-state index contributed by atoms with van der Waals surface area (Å²) in [5.41, 5.74) is 0.761.